The molecule has 126 valence electrons. The van der Waals surface area contributed by atoms with Crippen molar-refractivity contribution in [1.82, 2.24) is 26.6 Å². The van der Waals surface area contributed by atoms with E-state index in [9.17, 15) is 14.4 Å². The molecule has 0 unspecified atom stereocenters. The average Bonchev–Trinajstić information content (AvgIpc) is 2.46. The van der Waals surface area contributed by atoms with E-state index < -0.39 is 0 Å². The van der Waals surface area contributed by atoms with E-state index in [0.717, 1.165) is 25.7 Å². The Labute approximate surface area is 131 Å². The molecule has 1 aliphatic carbocycles. The molecule has 5 amide bonds. The number of amides is 5. The lowest BCUT2D eigenvalue weighted by Crippen LogP contribution is -2.49. The molecular weight excluding hydrogens is 286 g/mol. The van der Waals surface area contributed by atoms with Gasteiger partial charge in [-0.3, -0.25) is 4.79 Å². The zero-order chi connectivity index (χ0) is 16.4. The third-order valence-electron chi connectivity index (χ3n) is 3.52. The highest BCUT2D eigenvalue weighted by Gasteiger charge is 2.23. The maximum atomic E-state index is 11.7. The Bertz CT molecular complexity index is 381. The molecule has 1 aliphatic rings. The molecule has 0 aromatic rings. The number of urea groups is 2. The fourth-order valence-corrected chi connectivity index (χ4v) is 2.43. The van der Waals surface area contributed by atoms with Crippen LogP contribution in [-0.2, 0) is 4.79 Å². The molecule has 22 heavy (non-hydrogen) atoms. The first-order chi connectivity index (χ1) is 10.5. The monoisotopic (exact) mass is 313 g/mol. The predicted octanol–water partition coefficient (Wildman–Crippen LogP) is 0.0520. The Morgan fingerprint density at radius 1 is 0.818 bits per heavy atom. The number of hydrogen-bond acceptors (Lipinski definition) is 3. The minimum absolute atomic E-state index is 0.111. The zero-order valence-corrected chi connectivity index (χ0v) is 13.3. The molecule has 0 saturated heterocycles. The summed E-state index contributed by atoms with van der Waals surface area (Å²) in [6, 6.07) is -0.0411. The van der Waals surface area contributed by atoms with Crippen molar-refractivity contribution in [3.8, 4) is 0 Å². The quantitative estimate of drug-likeness (QED) is 0.447. The second-order valence-corrected chi connectivity index (χ2v) is 5.44. The smallest absolute Gasteiger partial charge is 0.315 e. The molecule has 1 saturated carbocycles. The Hall–Kier alpha value is -1.99. The van der Waals surface area contributed by atoms with Crippen LogP contribution in [0.25, 0.3) is 0 Å². The summed E-state index contributed by atoms with van der Waals surface area (Å²) in [4.78, 5) is 33.8. The Kier molecular flexibility index (Phi) is 8.09. The van der Waals surface area contributed by atoms with Crippen molar-refractivity contribution in [2.24, 2.45) is 0 Å². The fraction of sp³-hybridized carbons (Fsp3) is 0.786. The minimum atomic E-state index is -0.217. The molecule has 0 heterocycles. The summed E-state index contributed by atoms with van der Waals surface area (Å²) in [6.07, 6.45) is 3.40. The number of nitrogens with one attached hydrogen (secondary N) is 5. The topological polar surface area (TPSA) is 111 Å². The van der Waals surface area contributed by atoms with E-state index in [1.165, 1.54) is 6.92 Å². The van der Waals surface area contributed by atoms with Crippen LogP contribution >= 0.6 is 0 Å². The van der Waals surface area contributed by atoms with Gasteiger partial charge in [-0.2, -0.15) is 0 Å². The highest BCUT2D eigenvalue weighted by Crippen LogP contribution is 2.18. The second-order valence-electron chi connectivity index (χ2n) is 5.44. The minimum Gasteiger partial charge on any atom is -0.355 e. The first-order valence-corrected chi connectivity index (χ1v) is 7.84. The lowest BCUT2D eigenvalue weighted by molar-refractivity contribution is -0.118. The van der Waals surface area contributed by atoms with E-state index in [1.807, 2.05) is 6.92 Å². The van der Waals surface area contributed by atoms with E-state index in [1.54, 1.807) is 0 Å². The van der Waals surface area contributed by atoms with Gasteiger partial charge in [0.1, 0.15) is 0 Å². The van der Waals surface area contributed by atoms with Crippen LogP contribution in [-0.4, -0.2) is 49.7 Å². The van der Waals surface area contributed by atoms with Gasteiger partial charge in [0, 0.05) is 38.6 Å². The normalized spacial score (nSPS) is 20.6. The molecule has 8 nitrogen and oxygen atoms in total. The molecule has 8 heteroatoms. The van der Waals surface area contributed by atoms with E-state index in [4.69, 9.17) is 0 Å². The van der Waals surface area contributed by atoms with E-state index >= 15 is 0 Å². The average molecular weight is 313 g/mol. The predicted molar refractivity (Wildman–Crippen MR) is 83.5 cm³/mol. The first-order valence-electron chi connectivity index (χ1n) is 7.84. The summed E-state index contributed by atoms with van der Waals surface area (Å²) < 4.78 is 0. The molecule has 1 rings (SSSR count). The molecule has 1 fully saturated rings. The van der Waals surface area contributed by atoms with Gasteiger partial charge in [-0.15, -0.1) is 0 Å². The van der Waals surface area contributed by atoms with Crippen LogP contribution in [0.2, 0.25) is 0 Å². The summed E-state index contributed by atoms with van der Waals surface area (Å²) >= 11 is 0. The molecular formula is C14H27N5O3. The van der Waals surface area contributed by atoms with Crippen molar-refractivity contribution >= 4 is 18.0 Å². The molecule has 0 spiro atoms. The van der Waals surface area contributed by atoms with Crippen LogP contribution in [0.4, 0.5) is 9.59 Å². The Morgan fingerprint density at radius 3 is 1.73 bits per heavy atom. The van der Waals surface area contributed by atoms with Crippen molar-refractivity contribution in [3.63, 3.8) is 0 Å². The van der Waals surface area contributed by atoms with Crippen molar-refractivity contribution in [1.29, 1.82) is 0 Å². The standard InChI is InChI=1S/C14H27N5O3/c1-3-15-13(21)18-11-4-6-12(7-5-11)19-14(22)17-9-8-16-10(2)20/h11-12H,3-9H2,1-2H3,(H,16,20)(H2,15,18,21)(H2,17,19,22)/t11-,12-. The number of carbonyl (C=O) groups is 3. The summed E-state index contributed by atoms with van der Waals surface area (Å²) in [7, 11) is 0. The van der Waals surface area contributed by atoms with Gasteiger partial charge in [0.2, 0.25) is 5.91 Å². The summed E-state index contributed by atoms with van der Waals surface area (Å²) in [5.74, 6) is -0.111. The van der Waals surface area contributed by atoms with Crippen molar-refractivity contribution in [2.45, 2.75) is 51.6 Å². The molecule has 0 aromatic heterocycles. The molecule has 0 atom stereocenters. The number of hydrogen-bond donors (Lipinski definition) is 5. The zero-order valence-electron chi connectivity index (χ0n) is 13.3. The van der Waals surface area contributed by atoms with Crippen LogP contribution in [0, 0.1) is 0 Å². The van der Waals surface area contributed by atoms with Gasteiger partial charge in [0.15, 0.2) is 0 Å². The van der Waals surface area contributed by atoms with Gasteiger partial charge in [0.05, 0.1) is 0 Å². The van der Waals surface area contributed by atoms with E-state index in [0.29, 0.717) is 19.6 Å². The Balaban J connectivity index is 2.13. The molecule has 0 aliphatic heterocycles. The van der Waals surface area contributed by atoms with Crippen LogP contribution in [0.5, 0.6) is 0 Å². The summed E-state index contributed by atoms with van der Waals surface area (Å²) in [5, 5.41) is 13.9. The molecule has 5 N–H and O–H groups in total. The van der Waals surface area contributed by atoms with Crippen LogP contribution in [0.3, 0.4) is 0 Å². The summed E-state index contributed by atoms with van der Waals surface area (Å²) in [6.45, 7) is 4.76. The second kappa shape index (κ2) is 9.86. The maximum absolute atomic E-state index is 11.7. The van der Waals surface area contributed by atoms with Gasteiger partial charge in [0.25, 0.3) is 0 Å². The van der Waals surface area contributed by atoms with E-state index in [2.05, 4.69) is 26.6 Å². The van der Waals surface area contributed by atoms with Crippen molar-refractivity contribution in [3.05, 3.63) is 0 Å². The largest absolute Gasteiger partial charge is 0.355 e. The van der Waals surface area contributed by atoms with Gasteiger partial charge in [-0.05, 0) is 32.6 Å². The SMILES string of the molecule is CCNC(=O)N[C@H]1CC[C@H](NC(=O)NCCNC(C)=O)CC1. The third kappa shape index (κ3) is 7.70. The Morgan fingerprint density at radius 2 is 1.27 bits per heavy atom. The van der Waals surface area contributed by atoms with Crippen molar-refractivity contribution in [2.75, 3.05) is 19.6 Å². The van der Waals surface area contributed by atoms with Crippen molar-refractivity contribution < 1.29 is 14.4 Å². The van der Waals surface area contributed by atoms with Crippen LogP contribution < -0.4 is 26.6 Å². The van der Waals surface area contributed by atoms with Gasteiger partial charge in [-0.1, -0.05) is 0 Å². The maximum Gasteiger partial charge on any atom is 0.315 e. The highest BCUT2D eigenvalue weighted by atomic mass is 16.2. The first kappa shape index (κ1) is 18.1. The third-order valence-corrected chi connectivity index (χ3v) is 3.52. The molecule has 0 aromatic carbocycles. The lowest BCUT2D eigenvalue weighted by atomic mass is 9.91. The highest BCUT2D eigenvalue weighted by molar-refractivity contribution is 5.75. The van der Waals surface area contributed by atoms with Gasteiger partial charge >= 0.3 is 12.1 Å². The molecule has 0 bridgehead atoms. The van der Waals surface area contributed by atoms with E-state index in [-0.39, 0.29) is 30.1 Å². The fourth-order valence-electron chi connectivity index (χ4n) is 2.43. The summed E-state index contributed by atoms with van der Waals surface area (Å²) in [5.41, 5.74) is 0. The van der Waals surface area contributed by atoms with Crippen LogP contribution in [0.15, 0.2) is 0 Å². The van der Waals surface area contributed by atoms with Crippen LogP contribution in [0.1, 0.15) is 39.5 Å². The number of rotatable bonds is 6. The van der Waals surface area contributed by atoms with Gasteiger partial charge in [-0.25, -0.2) is 9.59 Å². The number of carbonyl (C=O) groups excluding carboxylic acids is 3. The molecule has 0 radical (unpaired) electrons. The van der Waals surface area contributed by atoms with Gasteiger partial charge < -0.3 is 26.6 Å². The lowest BCUT2D eigenvalue weighted by Gasteiger charge is -2.29.